The first kappa shape index (κ1) is 16.7. The van der Waals surface area contributed by atoms with E-state index in [2.05, 4.69) is 5.32 Å². The minimum absolute atomic E-state index is 0.0487. The first-order chi connectivity index (χ1) is 11.1. The van der Waals surface area contributed by atoms with Crippen LogP contribution in [-0.4, -0.2) is 18.3 Å². The van der Waals surface area contributed by atoms with Crippen LogP contribution in [0.25, 0.3) is 0 Å². The molecule has 4 nitrogen and oxygen atoms in total. The molecule has 2 rings (SSSR count). The third-order valence-corrected chi connectivity index (χ3v) is 3.60. The van der Waals surface area contributed by atoms with Crippen LogP contribution >= 0.6 is 0 Å². The first-order valence-electron chi connectivity index (χ1n) is 7.67. The van der Waals surface area contributed by atoms with Crippen molar-refractivity contribution in [1.29, 1.82) is 0 Å². The van der Waals surface area contributed by atoms with Crippen LogP contribution in [-0.2, 0) is 11.3 Å². The van der Waals surface area contributed by atoms with Crippen LogP contribution in [0.4, 0.5) is 0 Å². The van der Waals surface area contributed by atoms with Crippen LogP contribution in [0.5, 0.6) is 5.75 Å². The molecular weight excluding hydrogens is 290 g/mol. The Hall–Kier alpha value is -2.62. The summed E-state index contributed by atoms with van der Waals surface area (Å²) in [5, 5.41) is 2.83. The molecule has 0 atom stereocenters. The second-order valence-electron chi connectivity index (χ2n) is 5.29. The molecule has 0 radical (unpaired) electrons. The van der Waals surface area contributed by atoms with E-state index in [1.165, 1.54) is 0 Å². The van der Waals surface area contributed by atoms with Gasteiger partial charge in [-0.1, -0.05) is 31.2 Å². The van der Waals surface area contributed by atoms with Gasteiger partial charge in [0.15, 0.2) is 12.4 Å². The van der Waals surface area contributed by atoms with Crippen molar-refractivity contribution >= 4 is 11.7 Å². The number of nitrogens with one attached hydrogen (secondary N) is 1. The maximum absolute atomic E-state index is 11.8. The highest BCUT2D eigenvalue weighted by Crippen LogP contribution is 2.13. The van der Waals surface area contributed by atoms with Crippen molar-refractivity contribution in [3.63, 3.8) is 0 Å². The minimum atomic E-state index is -0.179. The molecule has 2 aromatic rings. The average Bonchev–Trinajstić information content (AvgIpc) is 2.59. The van der Waals surface area contributed by atoms with E-state index in [9.17, 15) is 9.59 Å². The topological polar surface area (TPSA) is 55.4 Å². The Labute approximate surface area is 136 Å². The standard InChI is InChI=1S/C19H21NO3/c1-3-18(21)15-8-10-17(11-9-15)23-13-19(22)20-12-16-7-5-4-6-14(16)2/h4-11H,3,12-13H2,1-2H3,(H,20,22). The van der Waals surface area contributed by atoms with Crippen LogP contribution in [0, 0.1) is 6.92 Å². The number of ketones is 1. The highest BCUT2D eigenvalue weighted by Gasteiger charge is 2.06. The summed E-state index contributed by atoms with van der Waals surface area (Å²) < 4.78 is 5.43. The van der Waals surface area contributed by atoms with Crippen LogP contribution in [0.15, 0.2) is 48.5 Å². The highest BCUT2D eigenvalue weighted by atomic mass is 16.5. The Balaban J connectivity index is 1.80. The lowest BCUT2D eigenvalue weighted by molar-refractivity contribution is -0.123. The van der Waals surface area contributed by atoms with E-state index in [0.29, 0.717) is 24.3 Å². The number of carbonyl (C=O) groups excluding carboxylic acids is 2. The third-order valence-electron chi connectivity index (χ3n) is 3.60. The number of benzene rings is 2. The molecule has 0 aromatic heterocycles. The van der Waals surface area contributed by atoms with E-state index in [-0.39, 0.29) is 18.3 Å². The molecule has 0 aliphatic carbocycles. The van der Waals surface area contributed by atoms with Gasteiger partial charge in [-0.15, -0.1) is 0 Å². The predicted octanol–water partition coefficient (Wildman–Crippen LogP) is 3.28. The molecule has 1 amide bonds. The van der Waals surface area contributed by atoms with E-state index in [1.54, 1.807) is 24.3 Å². The fourth-order valence-electron chi connectivity index (χ4n) is 2.14. The van der Waals surface area contributed by atoms with E-state index >= 15 is 0 Å². The number of amides is 1. The fraction of sp³-hybridized carbons (Fsp3) is 0.263. The summed E-state index contributed by atoms with van der Waals surface area (Å²) in [6.07, 6.45) is 0.474. The maximum Gasteiger partial charge on any atom is 0.258 e. The van der Waals surface area contributed by atoms with Crippen molar-refractivity contribution in [3.05, 3.63) is 65.2 Å². The summed E-state index contributed by atoms with van der Waals surface area (Å²) >= 11 is 0. The number of carbonyl (C=O) groups is 2. The van der Waals surface area contributed by atoms with Gasteiger partial charge >= 0.3 is 0 Å². The first-order valence-corrected chi connectivity index (χ1v) is 7.67. The second-order valence-corrected chi connectivity index (χ2v) is 5.29. The number of Topliss-reactive ketones (excluding diaryl/α,β-unsaturated/α-hetero) is 1. The molecule has 0 saturated heterocycles. The Kier molecular flexibility index (Phi) is 5.92. The Morgan fingerprint density at radius 3 is 2.39 bits per heavy atom. The average molecular weight is 311 g/mol. The summed E-state index contributed by atoms with van der Waals surface area (Å²) in [5.74, 6) is 0.484. The van der Waals surface area contributed by atoms with Gasteiger partial charge in [0.05, 0.1) is 0 Å². The molecule has 120 valence electrons. The molecule has 0 fully saturated rings. The van der Waals surface area contributed by atoms with E-state index in [0.717, 1.165) is 11.1 Å². The Bertz CT molecular complexity index is 677. The monoisotopic (exact) mass is 311 g/mol. The summed E-state index contributed by atoms with van der Waals surface area (Å²) in [6.45, 7) is 4.27. The third kappa shape index (κ3) is 4.95. The van der Waals surface area contributed by atoms with Gasteiger partial charge < -0.3 is 10.1 Å². The van der Waals surface area contributed by atoms with Gasteiger partial charge in [-0.05, 0) is 42.3 Å². The van der Waals surface area contributed by atoms with Crippen molar-refractivity contribution < 1.29 is 14.3 Å². The maximum atomic E-state index is 11.8. The lowest BCUT2D eigenvalue weighted by Crippen LogP contribution is -2.28. The summed E-state index contributed by atoms with van der Waals surface area (Å²) in [4.78, 5) is 23.4. The molecule has 0 aliphatic rings. The summed E-state index contributed by atoms with van der Waals surface area (Å²) in [6, 6.07) is 14.8. The van der Waals surface area contributed by atoms with Gasteiger partial charge in [-0.3, -0.25) is 9.59 Å². The fourth-order valence-corrected chi connectivity index (χ4v) is 2.14. The summed E-state index contributed by atoms with van der Waals surface area (Å²) in [7, 11) is 0. The van der Waals surface area contributed by atoms with Crippen molar-refractivity contribution in [1.82, 2.24) is 5.32 Å². The lowest BCUT2D eigenvalue weighted by atomic mass is 10.1. The van der Waals surface area contributed by atoms with Gasteiger partial charge in [-0.2, -0.15) is 0 Å². The predicted molar refractivity (Wildman–Crippen MR) is 89.6 cm³/mol. The molecule has 0 bridgehead atoms. The number of ether oxygens (including phenoxy) is 1. The van der Waals surface area contributed by atoms with Gasteiger partial charge in [-0.25, -0.2) is 0 Å². The normalized spacial score (nSPS) is 10.2. The van der Waals surface area contributed by atoms with Crippen molar-refractivity contribution in [2.24, 2.45) is 0 Å². The van der Waals surface area contributed by atoms with Crippen molar-refractivity contribution in [2.75, 3.05) is 6.61 Å². The van der Waals surface area contributed by atoms with E-state index in [4.69, 9.17) is 4.74 Å². The SMILES string of the molecule is CCC(=O)c1ccc(OCC(=O)NCc2ccccc2C)cc1. The lowest BCUT2D eigenvalue weighted by Gasteiger charge is -2.09. The molecular formula is C19H21NO3. The quantitative estimate of drug-likeness (QED) is 0.798. The summed E-state index contributed by atoms with van der Waals surface area (Å²) in [5.41, 5.74) is 2.89. The molecule has 2 aromatic carbocycles. The van der Waals surface area contributed by atoms with E-state index in [1.807, 2.05) is 38.1 Å². The van der Waals surface area contributed by atoms with Crippen LogP contribution in [0.3, 0.4) is 0 Å². The van der Waals surface area contributed by atoms with Gasteiger partial charge in [0.1, 0.15) is 5.75 Å². The van der Waals surface area contributed by atoms with E-state index < -0.39 is 0 Å². The zero-order valence-corrected chi connectivity index (χ0v) is 13.5. The van der Waals surface area contributed by atoms with Gasteiger partial charge in [0, 0.05) is 18.5 Å². The smallest absolute Gasteiger partial charge is 0.258 e. The molecule has 0 unspecified atom stereocenters. The number of rotatable bonds is 7. The van der Waals surface area contributed by atoms with Crippen LogP contribution in [0.1, 0.15) is 34.8 Å². The Morgan fingerprint density at radius 2 is 1.74 bits per heavy atom. The van der Waals surface area contributed by atoms with Crippen LogP contribution in [0.2, 0.25) is 0 Å². The van der Waals surface area contributed by atoms with Crippen molar-refractivity contribution in [2.45, 2.75) is 26.8 Å². The molecule has 0 saturated carbocycles. The molecule has 4 heteroatoms. The highest BCUT2D eigenvalue weighted by molar-refractivity contribution is 5.95. The molecule has 0 aliphatic heterocycles. The van der Waals surface area contributed by atoms with Crippen LogP contribution < -0.4 is 10.1 Å². The van der Waals surface area contributed by atoms with Gasteiger partial charge in [0.2, 0.25) is 0 Å². The molecule has 23 heavy (non-hydrogen) atoms. The molecule has 1 N–H and O–H groups in total. The number of aryl methyl sites for hydroxylation is 1. The number of hydrogen-bond donors (Lipinski definition) is 1. The second kappa shape index (κ2) is 8.13. The Morgan fingerprint density at radius 1 is 1.04 bits per heavy atom. The minimum Gasteiger partial charge on any atom is -0.484 e. The zero-order valence-electron chi connectivity index (χ0n) is 13.5. The number of hydrogen-bond acceptors (Lipinski definition) is 3. The molecule has 0 heterocycles. The van der Waals surface area contributed by atoms with Gasteiger partial charge in [0.25, 0.3) is 5.91 Å². The zero-order chi connectivity index (χ0) is 16.7. The molecule has 0 spiro atoms. The largest absolute Gasteiger partial charge is 0.484 e. The van der Waals surface area contributed by atoms with Crippen molar-refractivity contribution in [3.8, 4) is 5.75 Å².